The van der Waals surface area contributed by atoms with Crippen molar-refractivity contribution >= 4 is 0 Å². The Morgan fingerprint density at radius 2 is 1.72 bits per heavy atom. The second kappa shape index (κ2) is 8.95. The van der Waals surface area contributed by atoms with Crippen molar-refractivity contribution in [2.45, 2.75) is 26.7 Å². The molecule has 1 aromatic rings. The lowest BCUT2D eigenvalue weighted by molar-refractivity contribution is 0.148. The van der Waals surface area contributed by atoms with Gasteiger partial charge in [0.05, 0.1) is 6.61 Å². The molecule has 0 spiro atoms. The van der Waals surface area contributed by atoms with Gasteiger partial charge < -0.3 is 14.8 Å². The molecule has 0 aromatic heterocycles. The molecule has 0 amide bonds. The summed E-state index contributed by atoms with van der Waals surface area (Å²) in [6, 6.07) is 8.33. The molecule has 102 valence electrons. The first-order valence-electron chi connectivity index (χ1n) is 6.75. The van der Waals surface area contributed by atoms with Gasteiger partial charge in [0, 0.05) is 19.7 Å². The predicted octanol–water partition coefficient (Wildman–Crippen LogP) is 2.81. The molecule has 18 heavy (non-hydrogen) atoms. The third-order valence-corrected chi connectivity index (χ3v) is 2.72. The standard InChI is InChI=1S/C15H25NO2/c1-4-17-11-9-16-10-12-18-15-7-5-14(6-8-15)13(2)3/h5-8,13,16H,4,9-12H2,1-3H3. The smallest absolute Gasteiger partial charge is 0.119 e. The Kier molecular flexibility index (Phi) is 7.46. The van der Waals surface area contributed by atoms with Crippen molar-refractivity contribution in [2.75, 3.05) is 32.9 Å². The summed E-state index contributed by atoms with van der Waals surface area (Å²) < 4.78 is 10.9. The molecule has 0 radical (unpaired) electrons. The van der Waals surface area contributed by atoms with Crippen LogP contribution < -0.4 is 10.1 Å². The molecule has 1 N–H and O–H groups in total. The summed E-state index contributed by atoms with van der Waals surface area (Å²) in [5.41, 5.74) is 1.34. The van der Waals surface area contributed by atoms with Crippen LogP contribution in [-0.2, 0) is 4.74 Å². The minimum Gasteiger partial charge on any atom is -0.492 e. The van der Waals surface area contributed by atoms with Crippen molar-refractivity contribution in [3.63, 3.8) is 0 Å². The van der Waals surface area contributed by atoms with Crippen LogP contribution in [0.1, 0.15) is 32.3 Å². The summed E-state index contributed by atoms with van der Waals surface area (Å²) >= 11 is 0. The normalized spacial score (nSPS) is 10.9. The fourth-order valence-electron chi connectivity index (χ4n) is 1.60. The van der Waals surface area contributed by atoms with Crippen molar-refractivity contribution in [3.05, 3.63) is 29.8 Å². The maximum absolute atomic E-state index is 5.64. The molecule has 0 saturated carbocycles. The number of ether oxygens (including phenoxy) is 2. The molecule has 0 aliphatic carbocycles. The minimum atomic E-state index is 0.569. The third-order valence-electron chi connectivity index (χ3n) is 2.72. The molecule has 0 aliphatic heterocycles. The average molecular weight is 251 g/mol. The largest absolute Gasteiger partial charge is 0.492 e. The zero-order valence-corrected chi connectivity index (χ0v) is 11.7. The van der Waals surface area contributed by atoms with Crippen molar-refractivity contribution in [3.8, 4) is 5.75 Å². The SMILES string of the molecule is CCOCCNCCOc1ccc(C(C)C)cc1. The van der Waals surface area contributed by atoms with Crippen LogP contribution in [0, 0.1) is 0 Å². The van der Waals surface area contributed by atoms with Crippen molar-refractivity contribution in [1.82, 2.24) is 5.32 Å². The van der Waals surface area contributed by atoms with E-state index < -0.39 is 0 Å². The molecule has 0 atom stereocenters. The first kappa shape index (κ1) is 15.0. The number of benzene rings is 1. The van der Waals surface area contributed by atoms with Crippen LogP contribution in [0.2, 0.25) is 0 Å². The first-order chi connectivity index (χ1) is 8.74. The molecular formula is C15H25NO2. The van der Waals surface area contributed by atoms with E-state index in [1.54, 1.807) is 0 Å². The fraction of sp³-hybridized carbons (Fsp3) is 0.600. The van der Waals surface area contributed by atoms with Crippen molar-refractivity contribution in [1.29, 1.82) is 0 Å². The average Bonchev–Trinajstić information content (AvgIpc) is 2.38. The van der Waals surface area contributed by atoms with Crippen LogP contribution in [0.25, 0.3) is 0 Å². The Bertz CT molecular complexity index is 309. The number of hydrogen-bond acceptors (Lipinski definition) is 3. The van der Waals surface area contributed by atoms with E-state index in [-0.39, 0.29) is 0 Å². The maximum atomic E-state index is 5.64. The molecule has 0 unspecified atom stereocenters. The lowest BCUT2D eigenvalue weighted by Crippen LogP contribution is -2.24. The quantitative estimate of drug-likeness (QED) is 0.685. The maximum Gasteiger partial charge on any atom is 0.119 e. The van der Waals surface area contributed by atoms with E-state index in [0.717, 1.165) is 32.1 Å². The highest BCUT2D eigenvalue weighted by atomic mass is 16.5. The summed E-state index contributed by atoms with van der Waals surface area (Å²) in [4.78, 5) is 0. The predicted molar refractivity (Wildman–Crippen MR) is 75.4 cm³/mol. The van der Waals surface area contributed by atoms with E-state index in [4.69, 9.17) is 9.47 Å². The van der Waals surface area contributed by atoms with Crippen molar-refractivity contribution < 1.29 is 9.47 Å². The highest BCUT2D eigenvalue weighted by Gasteiger charge is 1.99. The summed E-state index contributed by atoms with van der Waals surface area (Å²) in [6.45, 7) is 10.3. The minimum absolute atomic E-state index is 0.569. The highest BCUT2D eigenvalue weighted by Crippen LogP contribution is 2.18. The molecule has 3 heteroatoms. The van der Waals surface area contributed by atoms with Gasteiger partial charge in [0.2, 0.25) is 0 Å². The third kappa shape index (κ3) is 6.03. The van der Waals surface area contributed by atoms with Crippen molar-refractivity contribution in [2.24, 2.45) is 0 Å². The van der Waals surface area contributed by atoms with Gasteiger partial charge in [-0.25, -0.2) is 0 Å². The molecular weight excluding hydrogens is 226 g/mol. The van der Waals surface area contributed by atoms with Gasteiger partial charge in [-0.05, 0) is 30.5 Å². The Hall–Kier alpha value is -1.06. The van der Waals surface area contributed by atoms with Gasteiger partial charge in [-0.15, -0.1) is 0 Å². The van der Waals surface area contributed by atoms with Crippen LogP contribution in [-0.4, -0.2) is 32.9 Å². The fourth-order valence-corrected chi connectivity index (χ4v) is 1.60. The van der Waals surface area contributed by atoms with Crippen LogP contribution in [0.15, 0.2) is 24.3 Å². The van der Waals surface area contributed by atoms with Gasteiger partial charge in [-0.3, -0.25) is 0 Å². The van der Waals surface area contributed by atoms with Gasteiger partial charge in [0.1, 0.15) is 12.4 Å². The molecule has 0 aliphatic rings. The number of hydrogen-bond donors (Lipinski definition) is 1. The second-order valence-corrected chi connectivity index (χ2v) is 4.52. The van der Waals surface area contributed by atoms with Crippen LogP contribution in [0.4, 0.5) is 0 Å². The number of rotatable bonds is 9. The Morgan fingerprint density at radius 3 is 2.33 bits per heavy atom. The van der Waals surface area contributed by atoms with E-state index >= 15 is 0 Å². The Morgan fingerprint density at radius 1 is 1.06 bits per heavy atom. The zero-order valence-electron chi connectivity index (χ0n) is 11.7. The second-order valence-electron chi connectivity index (χ2n) is 4.52. The van der Waals surface area contributed by atoms with Crippen LogP contribution in [0.5, 0.6) is 5.75 Å². The molecule has 0 fully saturated rings. The van der Waals surface area contributed by atoms with E-state index in [1.165, 1.54) is 5.56 Å². The zero-order chi connectivity index (χ0) is 13.2. The summed E-state index contributed by atoms with van der Waals surface area (Å²) in [5, 5.41) is 3.27. The lowest BCUT2D eigenvalue weighted by Gasteiger charge is -2.09. The van der Waals surface area contributed by atoms with Gasteiger partial charge in [0.15, 0.2) is 0 Å². The van der Waals surface area contributed by atoms with Gasteiger partial charge in [-0.2, -0.15) is 0 Å². The van der Waals surface area contributed by atoms with Crippen LogP contribution >= 0.6 is 0 Å². The molecule has 0 heterocycles. The van der Waals surface area contributed by atoms with E-state index in [0.29, 0.717) is 12.5 Å². The van der Waals surface area contributed by atoms with Gasteiger partial charge in [-0.1, -0.05) is 26.0 Å². The first-order valence-corrected chi connectivity index (χ1v) is 6.75. The van der Waals surface area contributed by atoms with E-state index in [2.05, 4.69) is 31.3 Å². The highest BCUT2D eigenvalue weighted by molar-refractivity contribution is 5.28. The topological polar surface area (TPSA) is 30.5 Å². The van der Waals surface area contributed by atoms with Gasteiger partial charge >= 0.3 is 0 Å². The summed E-state index contributed by atoms with van der Waals surface area (Å²) in [5.74, 6) is 1.50. The van der Waals surface area contributed by atoms with E-state index in [1.807, 2.05) is 19.1 Å². The summed E-state index contributed by atoms with van der Waals surface area (Å²) in [6.07, 6.45) is 0. The Balaban J connectivity index is 2.12. The molecule has 1 aromatic carbocycles. The number of nitrogens with one attached hydrogen (secondary N) is 1. The monoisotopic (exact) mass is 251 g/mol. The molecule has 0 saturated heterocycles. The Labute approximate surface area is 110 Å². The molecule has 1 rings (SSSR count). The molecule has 0 bridgehead atoms. The van der Waals surface area contributed by atoms with E-state index in [9.17, 15) is 0 Å². The van der Waals surface area contributed by atoms with Crippen LogP contribution in [0.3, 0.4) is 0 Å². The summed E-state index contributed by atoms with van der Waals surface area (Å²) in [7, 11) is 0. The molecule has 3 nitrogen and oxygen atoms in total. The van der Waals surface area contributed by atoms with Gasteiger partial charge in [0.25, 0.3) is 0 Å². The lowest BCUT2D eigenvalue weighted by atomic mass is 10.0.